The molecule has 0 spiro atoms. The first-order chi connectivity index (χ1) is 14.7. The van der Waals surface area contributed by atoms with Crippen molar-refractivity contribution in [3.63, 3.8) is 0 Å². The average Bonchev–Trinajstić information content (AvgIpc) is 2.79. The van der Waals surface area contributed by atoms with E-state index in [0.29, 0.717) is 6.04 Å². The smallest absolute Gasteiger partial charge is 0.123 e. The minimum Gasteiger partial charge on any atom is -0.303 e. The van der Waals surface area contributed by atoms with Gasteiger partial charge in [-0.05, 0) is 74.2 Å². The maximum absolute atomic E-state index is 13.0. The van der Waals surface area contributed by atoms with Crippen LogP contribution in [0.3, 0.4) is 0 Å². The Labute approximate surface area is 179 Å². The zero-order chi connectivity index (χ0) is 20.8. The van der Waals surface area contributed by atoms with Crippen LogP contribution in [-0.4, -0.2) is 73.1 Å². The zero-order valence-electron chi connectivity index (χ0n) is 17.8. The SMILES string of the molecule is Fc1ccc(CCN2CCC(N3CCN(CCc4ccc(F)cc4)CC3)CC2)cc1. The summed E-state index contributed by atoms with van der Waals surface area (Å²) in [5.74, 6) is -0.316. The first kappa shape index (κ1) is 21.4. The van der Waals surface area contributed by atoms with Gasteiger partial charge < -0.3 is 9.80 Å². The summed E-state index contributed by atoms with van der Waals surface area (Å²) in [4.78, 5) is 7.78. The van der Waals surface area contributed by atoms with E-state index in [9.17, 15) is 8.78 Å². The molecule has 4 rings (SSSR count). The van der Waals surface area contributed by atoms with Gasteiger partial charge in [-0.1, -0.05) is 24.3 Å². The van der Waals surface area contributed by atoms with Gasteiger partial charge in [-0.15, -0.1) is 0 Å². The van der Waals surface area contributed by atoms with E-state index in [0.717, 1.165) is 65.2 Å². The van der Waals surface area contributed by atoms with Gasteiger partial charge in [0.05, 0.1) is 0 Å². The lowest BCUT2D eigenvalue weighted by atomic mass is 10.0. The van der Waals surface area contributed by atoms with Crippen LogP contribution >= 0.6 is 0 Å². The molecule has 2 aliphatic rings. The van der Waals surface area contributed by atoms with Crippen LogP contribution in [0.2, 0.25) is 0 Å². The number of piperazine rings is 1. The number of nitrogens with zero attached hydrogens (tertiary/aromatic N) is 3. The maximum atomic E-state index is 13.0. The van der Waals surface area contributed by atoms with Gasteiger partial charge in [0.2, 0.25) is 0 Å². The van der Waals surface area contributed by atoms with Crippen LogP contribution in [0.1, 0.15) is 24.0 Å². The summed E-state index contributed by atoms with van der Waals surface area (Å²) < 4.78 is 26.1. The third-order valence-corrected chi connectivity index (χ3v) is 6.74. The van der Waals surface area contributed by atoms with Crippen molar-refractivity contribution in [2.45, 2.75) is 31.7 Å². The Hall–Kier alpha value is -1.82. The number of hydrogen-bond donors (Lipinski definition) is 0. The molecule has 2 aliphatic heterocycles. The van der Waals surface area contributed by atoms with Gasteiger partial charge in [-0.3, -0.25) is 4.90 Å². The number of hydrogen-bond acceptors (Lipinski definition) is 3. The molecule has 2 heterocycles. The van der Waals surface area contributed by atoms with Gasteiger partial charge >= 0.3 is 0 Å². The lowest BCUT2D eigenvalue weighted by molar-refractivity contribution is 0.0599. The van der Waals surface area contributed by atoms with E-state index in [2.05, 4.69) is 14.7 Å². The maximum Gasteiger partial charge on any atom is 0.123 e. The quantitative estimate of drug-likeness (QED) is 0.683. The summed E-state index contributed by atoms with van der Waals surface area (Å²) in [6.07, 6.45) is 4.49. The molecular formula is C25H33F2N3. The largest absolute Gasteiger partial charge is 0.303 e. The molecule has 30 heavy (non-hydrogen) atoms. The number of piperidine rings is 1. The number of rotatable bonds is 7. The summed E-state index contributed by atoms with van der Waals surface area (Å²) in [6.45, 7) is 9.02. The molecule has 0 unspecified atom stereocenters. The average molecular weight is 414 g/mol. The first-order valence-corrected chi connectivity index (χ1v) is 11.3. The molecule has 2 fully saturated rings. The molecular weight excluding hydrogens is 380 g/mol. The van der Waals surface area contributed by atoms with Crippen LogP contribution in [-0.2, 0) is 12.8 Å². The lowest BCUT2D eigenvalue weighted by Crippen LogP contribution is -2.53. The number of benzene rings is 2. The standard InChI is InChI=1S/C25H33F2N3/c26-23-5-1-21(2-6-23)9-13-28-15-11-25(12-16-28)30-19-17-29(18-20-30)14-10-22-3-7-24(27)8-4-22/h1-8,25H,9-20H2. The van der Waals surface area contributed by atoms with E-state index < -0.39 is 0 Å². The second-order valence-electron chi connectivity index (χ2n) is 8.70. The fourth-order valence-corrected chi connectivity index (χ4v) is 4.74. The summed E-state index contributed by atoms with van der Waals surface area (Å²) in [5.41, 5.74) is 2.43. The normalized spacial score (nSPS) is 19.9. The molecule has 0 bridgehead atoms. The van der Waals surface area contributed by atoms with Crippen molar-refractivity contribution in [1.82, 2.24) is 14.7 Å². The van der Waals surface area contributed by atoms with Crippen LogP contribution in [0.5, 0.6) is 0 Å². The van der Waals surface area contributed by atoms with Crippen LogP contribution in [0, 0.1) is 11.6 Å². The molecule has 5 heteroatoms. The molecule has 0 atom stereocenters. The van der Waals surface area contributed by atoms with Crippen molar-refractivity contribution in [3.05, 3.63) is 71.3 Å². The molecule has 0 N–H and O–H groups in total. The second-order valence-corrected chi connectivity index (χ2v) is 8.70. The topological polar surface area (TPSA) is 9.72 Å². The Morgan fingerprint density at radius 2 is 1.03 bits per heavy atom. The van der Waals surface area contributed by atoms with Crippen molar-refractivity contribution in [2.24, 2.45) is 0 Å². The van der Waals surface area contributed by atoms with Gasteiger partial charge in [0, 0.05) is 45.3 Å². The Bertz CT molecular complexity index is 694. The van der Waals surface area contributed by atoms with E-state index in [1.54, 1.807) is 24.3 Å². The van der Waals surface area contributed by atoms with E-state index in [4.69, 9.17) is 0 Å². The van der Waals surface area contributed by atoms with E-state index >= 15 is 0 Å². The van der Waals surface area contributed by atoms with E-state index in [1.807, 2.05) is 24.3 Å². The van der Waals surface area contributed by atoms with Crippen molar-refractivity contribution in [3.8, 4) is 0 Å². The Kier molecular flexibility index (Phi) is 7.47. The van der Waals surface area contributed by atoms with Gasteiger partial charge in [0.15, 0.2) is 0 Å². The van der Waals surface area contributed by atoms with Gasteiger partial charge in [-0.2, -0.15) is 0 Å². The first-order valence-electron chi connectivity index (χ1n) is 11.3. The minimum atomic E-state index is -0.158. The van der Waals surface area contributed by atoms with Crippen molar-refractivity contribution >= 4 is 0 Å². The molecule has 162 valence electrons. The van der Waals surface area contributed by atoms with Crippen LogP contribution in [0.15, 0.2) is 48.5 Å². The summed E-state index contributed by atoms with van der Waals surface area (Å²) in [7, 11) is 0. The molecule has 0 amide bonds. The summed E-state index contributed by atoms with van der Waals surface area (Å²) in [6, 6.07) is 14.5. The highest BCUT2D eigenvalue weighted by Gasteiger charge is 2.27. The molecule has 2 aromatic rings. The van der Waals surface area contributed by atoms with Crippen molar-refractivity contribution in [1.29, 1.82) is 0 Å². The Morgan fingerprint density at radius 1 is 0.600 bits per heavy atom. The molecule has 0 radical (unpaired) electrons. The number of halogens is 2. The predicted octanol–water partition coefficient (Wildman–Crippen LogP) is 3.83. The van der Waals surface area contributed by atoms with Gasteiger partial charge in [0.1, 0.15) is 11.6 Å². The highest BCUT2D eigenvalue weighted by atomic mass is 19.1. The van der Waals surface area contributed by atoms with Crippen molar-refractivity contribution < 1.29 is 8.78 Å². The second kappa shape index (κ2) is 10.5. The van der Waals surface area contributed by atoms with Gasteiger partial charge in [-0.25, -0.2) is 8.78 Å². The number of likely N-dealkylation sites (tertiary alicyclic amines) is 1. The summed E-state index contributed by atoms with van der Waals surface area (Å²) >= 11 is 0. The predicted molar refractivity (Wildman–Crippen MR) is 118 cm³/mol. The monoisotopic (exact) mass is 413 g/mol. The fraction of sp³-hybridized carbons (Fsp3) is 0.520. The fourth-order valence-electron chi connectivity index (χ4n) is 4.74. The van der Waals surface area contributed by atoms with Gasteiger partial charge in [0.25, 0.3) is 0 Å². The third kappa shape index (κ3) is 6.10. The Morgan fingerprint density at radius 3 is 1.50 bits per heavy atom. The molecule has 0 aromatic heterocycles. The van der Waals surface area contributed by atoms with Crippen molar-refractivity contribution in [2.75, 3.05) is 52.4 Å². The van der Waals surface area contributed by atoms with E-state index in [1.165, 1.54) is 24.0 Å². The zero-order valence-corrected chi connectivity index (χ0v) is 17.8. The molecule has 2 saturated heterocycles. The van der Waals surface area contributed by atoms with Crippen LogP contribution in [0.4, 0.5) is 8.78 Å². The third-order valence-electron chi connectivity index (χ3n) is 6.74. The molecule has 0 aliphatic carbocycles. The lowest BCUT2D eigenvalue weighted by Gasteiger charge is -2.43. The van der Waals surface area contributed by atoms with Crippen LogP contribution in [0.25, 0.3) is 0 Å². The highest BCUT2D eigenvalue weighted by molar-refractivity contribution is 5.17. The van der Waals surface area contributed by atoms with Crippen LogP contribution < -0.4 is 0 Å². The molecule has 0 saturated carbocycles. The molecule has 3 nitrogen and oxygen atoms in total. The molecule has 2 aromatic carbocycles. The summed E-state index contributed by atoms with van der Waals surface area (Å²) in [5, 5.41) is 0. The van der Waals surface area contributed by atoms with E-state index in [-0.39, 0.29) is 11.6 Å². The Balaban J connectivity index is 1.13. The minimum absolute atomic E-state index is 0.157. The highest BCUT2D eigenvalue weighted by Crippen LogP contribution is 2.19.